The van der Waals surface area contributed by atoms with E-state index in [-0.39, 0.29) is 30.2 Å². The molecule has 0 saturated carbocycles. The maximum atomic E-state index is 13.0. The van der Waals surface area contributed by atoms with Gasteiger partial charge < -0.3 is 19.1 Å². The molecule has 8 heteroatoms. The molecule has 0 radical (unpaired) electrons. The average Bonchev–Trinajstić information content (AvgIpc) is 2.75. The lowest BCUT2D eigenvalue weighted by Gasteiger charge is -2.38. The molecule has 1 heterocycles. The zero-order valence-corrected chi connectivity index (χ0v) is 18.3. The van der Waals surface area contributed by atoms with Crippen molar-refractivity contribution in [3.8, 4) is 17.2 Å². The van der Waals surface area contributed by atoms with Gasteiger partial charge in [-0.1, -0.05) is 13.8 Å². The third-order valence-electron chi connectivity index (χ3n) is 5.36. The van der Waals surface area contributed by atoms with Crippen LogP contribution in [0.25, 0.3) is 0 Å². The number of methoxy groups -OCH3 is 2. The molecular weight excluding hydrogens is 400 g/mol. The first-order valence-corrected chi connectivity index (χ1v) is 10.3. The van der Waals surface area contributed by atoms with E-state index in [0.717, 1.165) is 11.1 Å². The number of hydrogen-bond acceptors (Lipinski definition) is 6. The fourth-order valence-corrected chi connectivity index (χ4v) is 3.81. The quantitative estimate of drug-likeness (QED) is 0.463. The van der Waals surface area contributed by atoms with Gasteiger partial charge in [-0.25, -0.2) is 0 Å². The van der Waals surface area contributed by atoms with Gasteiger partial charge in [-0.05, 0) is 47.7 Å². The summed E-state index contributed by atoms with van der Waals surface area (Å²) in [5, 5.41) is 10.9. The van der Waals surface area contributed by atoms with E-state index in [1.165, 1.54) is 12.1 Å². The Hall–Kier alpha value is -3.29. The zero-order chi connectivity index (χ0) is 22.5. The van der Waals surface area contributed by atoms with Crippen LogP contribution in [0.2, 0.25) is 0 Å². The predicted octanol–water partition coefficient (Wildman–Crippen LogP) is 4.16. The fraction of sp³-hybridized carbons (Fsp3) is 0.435. The molecule has 1 unspecified atom stereocenters. The maximum absolute atomic E-state index is 13.0. The van der Waals surface area contributed by atoms with E-state index in [1.807, 2.05) is 30.9 Å². The van der Waals surface area contributed by atoms with Crippen LogP contribution in [0.4, 0.5) is 5.69 Å². The van der Waals surface area contributed by atoms with Crippen molar-refractivity contribution in [2.24, 2.45) is 5.92 Å². The molecule has 31 heavy (non-hydrogen) atoms. The van der Waals surface area contributed by atoms with Crippen molar-refractivity contribution in [3.05, 3.63) is 57.6 Å². The molecule has 1 aliphatic rings. The molecule has 1 amide bonds. The fourth-order valence-electron chi connectivity index (χ4n) is 3.81. The molecule has 2 aromatic carbocycles. The lowest BCUT2D eigenvalue weighted by molar-refractivity contribution is -0.384. The second-order valence-electron chi connectivity index (χ2n) is 7.92. The van der Waals surface area contributed by atoms with Crippen LogP contribution in [0.15, 0.2) is 36.4 Å². The van der Waals surface area contributed by atoms with Crippen LogP contribution in [-0.2, 0) is 11.2 Å². The summed E-state index contributed by atoms with van der Waals surface area (Å²) in [6.07, 6.45) is 1.17. The second kappa shape index (κ2) is 9.68. The van der Waals surface area contributed by atoms with E-state index in [4.69, 9.17) is 14.2 Å². The monoisotopic (exact) mass is 428 g/mol. The van der Waals surface area contributed by atoms with Gasteiger partial charge in [0.1, 0.15) is 12.4 Å². The van der Waals surface area contributed by atoms with Crippen molar-refractivity contribution in [3.63, 3.8) is 0 Å². The van der Waals surface area contributed by atoms with Gasteiger partial charge in [0.15, 0.2) is 11.5 Å². The zero-order valence-electron chi connectivity index (χ0n) is 18.3. The second-order valence-corrected chi connectivity index (χ2v) is 7.92. The first kappa shape index (κ1) is 22.4. The highest BCUT2D eigenvalue weighted by molar-refractivity contribution is 5.77. The minimum absolute atomic E-state index is 0.000862. The number of rotatable bonds is 8. The van der Waals surface area contributed by atoms with Gasteiger partial charge in [-0.2, -0.15) is 0 Å². The summed E-state index contributed by atoms with van der Waals surface area (Å²) in [6.45, 7) is 4.85. The largest absolute Gasteiger partial charge is 0.493 e. The van der Waals surface area contributed by atoms with E-state index < -0.39 is 4.92 Å². The number of ether oxygens (including phenoxy) is 3. The number of benzene rings is 2. The smallest absolute Gasteiger partial charge is 0.269 e. The molecule has 0 aliphatic carbocycles. The summed E-state index contributed by atoms with van der Waals surface area (Å²) >= 11 is 0. The van der Waals surface area contributed by atoms with Crippen LogP contribution >= 0.6 is 0 Å². The summed E-state index contributed by atoms with van der Waals surface area (Å²) in [5.41, 5.74) is 2.05. The molecule has 0 bridgehead atoms. The van der Waals surface area contributed by atoms with Crippen molar-refractivity contribution in [1.29, 1.82) is 0 Å². The highest BCUT2D eigenvalue weighted by Crippen LogP contribution is 2.39. The minimum Gasteiger partial charge on any atom is -0.493 e. The first-order chi connectivity index (χ1) is 14.8. The minimum atomic E-state index is -0.451. The van der Waals surface area contributed by atoms with Crippen LogP contribution in [0, 0.1) is 16.0 Å². The highest BCUT2D eigenvalue weighted by atomic mass is 16.6. The van der Waals surface area contributed by atoms with E-state index >= 15 is 0 Å². The Labute approximate surface area is 181 Å². The summed E-state index contributed by atoms with van der Waals surface area (Å²) in [5.74, 6) is 2.08. The maximum Gasteiger partial charge on any atom is 0.269 e. The molecule has 2 aromatic rings. The topological polar surface area (TPSA) is 91.1 Å². The third-order valence-corrected chi connectivity index (χ3v) is 5.36. The van der Waals surface area contributed by atoms with Crippen molar-refractivity contribution in [2.45, 2.75) is 32.7 Å². The molecule has 0 spiro atoms. The summed E-state index contributed by atoms with van der Waals surface area (Å²) in [4.78, 5) is 25.3. The van der Waals surface area contributed by atoms with E-state index in [2.05, 4.69) is 0 Å². The number of amides is 1. The number of fused-ring (bicyclic) bond motifs is 1. The SMILES string of the molecule is COc1cc2c(cc1OC)C(COc1ccc([N+](=O)[O-])cc1)N(C(=O)CC(C)C)CC2. The Kier molecular flexibility index (Phi) is 6.99. The van der Waals surface area contributed by atoms with Gasteiger partial charge in [0, 0.05) is 25.1 Å². The Morgan fingerprint density at radius 3 is 2.39 bits per heavy atom. The molecule has 0 aromatic heterocycles. The van der Waals surface area contributed by atoms with Crippen molar-refractivity contribution in [1.82, 2.24) is 4.90 Å². The Morgan fingerprint density at radius 2 is 1.81 bits per heavy atom. The van der Waals surface area contributed by atoms with Gasteiger partial charge >= 0.3 is 0 Å². The molecule has 0 N–H and O–H groups in total. The van der Waals surface area contributed by atoms with E-state index in [1.54, 1.807) is 26.4 Å². The van der Waals surface area contributed by atoms with Crippen LogP contribution < -0.4 is 14.2 Å². The van der Waals surface area contributed by atoms with Crippen molar-refractivity contribution >= 4 is 11.6 Å². The summed E-state index contributed by atoms with van der Waals surface area (Å²) in [6, 6.07) is 9.50. The molecule has 8 nitrogen and oxygen atoms in total. The average molecular weight is 428 g/mol. The predicted molar refractivity (Wildman–Crippen MR) is 116 cm³/mol. The van der Waals surface area contributed by atoms with Gasteiger partial charge in [-0.3, -0.25) is 14.9 Å². The first-order valence-electron chi connectivity index (χ1n) is 10.3. The van der Waals surface area contributed by atoms with Gasteiger partial charge in [0.2, 0.25) is 5.91 Å². The normalized spacial score (nSPS) is 15.4. The number of carbonyl (C=O) groups is 1. The Balaban J connectivity index is 1.91. The van der Waals surface area contributed by atoms with Gasteiger partial charge in [-0.15, -0.1) is 0 Å². The van der Waals surface area contributed by atoms with Crippen LogP contribution in [-0.4, -0.2) is 43.1 Å². The standard InChI is InChI=1S/C23H28N2O6/c1-15(2)11-23(26)24-10-9-16-12-21(29-3)22(30-4)13-19(16)20(24)14-31-18-7-5-17(6-8-18)25(27)28/h5-8,12-13,15,20H,9-11,14H2,1-4H3. The molecule has 166 valence electrons. The van der Waals surface area contributed by atoms with Crippen molar-refractivity contribution < 1.29 is 23.9 Å². The number of nitro benzene ring substituents is 1. The molecule has 1 atom stereocenters. The van der Waals surface area contributed by atoms with Gasteiger partial charge in [0.05, 0.1) is 25.2 Å². The number of non-ortho nitro benzene ring substituents is 1. The lowest BCUT2D eigenvalue weighted by Crippen LogP contribution is -2.43. The number of hydrogen-bond donors (Lipinski definition) is 0. The Morgan fingerprint density at radius 1 is 1.16 bits per heavy atom. The highest BCUT2D eigenvalue weighted by Gasteiger charge is 2.33. The molecular formula is C23H28N2O6. The third kappa shape index (κ3) is 5.07. The van der Waals surface area contributed by atoms with Crippen LogP contribution in [0.3, 0.4) is 0 Å². The molecule has 1 aliphatic heterocycles. The van der Waals surface area contributed by atoms with E-state index in [0.29, 0.717) is 36.6 Å². The molecule has 3 rings (SSSR count). The van der Waals surface area contributed by atoms with E-state index in [9.17, 15) is 14.9 Å². The lowest BCUT2D eigenvalue weighted by atomic mass is 9.91. The van der Waals surface area contributed by atoms with Crippen LogP contribution in [0.5, 0.6) is 17.2 Å². The summed E-state index contributed by atoms with van der Waals surface area (Å²) < 4.78 is 16.9. The van der Waals surface area contributed by atoms with Gasteiger partial charge in [0.25, 0.3) is 5.69 Å². The number of nitrogens with zero attached hydrogens (tertiary/aromatic N) is 2. The molecule has 0 fully saturated rings. The molecule has 0 saturated heterocycles. The van der Waals surface area contributed by atoms with Crippen LogP contribution in [0.1, 0.15) is 37.4 Å². The Bertz CT molecular complexity index is 942. The summed E-state index contributed by atoms with van der Waals surface area (Å²) in [7, 11) is 3.18. The number of carbonyl (C=O) groups excluding carboxylic acids is 1. The number of nitro groups is 1. The van der Waals surface area contributed by atoms with Crippen molar-refractivity contribution in [2.75, 3.05) is 27.4 Å².